The summed E-state index contributed by atoms with van der Waals surface area (Å²) in [6.45, 7) is 2.29. The van der Waals surface area contributed by atoms with Crippen molar-refractivity contribution in [3.8, 4) is 11.5 Å². The van der Waals surface area contributed by atoms with E-state index in [9.17, 15) is 13.2 Å². The van der Waals surface area contributed by atoms with Crippen molar-refractivity contribution in [2.24, 2.45) is 0 Å². The number of methoxy groups -OCH3 is 1. The molecule has 7 nitrogen and oxygen atoms in total. The van der Waals surface area contributed by atoms with Crippen molar-refractivity contribution < 1.29 is 27.4 Å². The summed E-state index contributed by atoms with van der Waals surface area (Å²) < 4.78 is 42.0. The minimum Gasteiger partial charge on any atom is -0.495 e. The minimum atomic E-state index is -3.69. The van der Waals surface area contributed by atoms with Crippen molar-refractivity contribution in [1.82, 2.24) is 4.72 Å². The Morgan fingerprint density at radius 1 is 1.14 bits per heavy atom. The number of carbonyl (C=O) groups excluding carboxylic acids is 1. The molecule has 1 N–H and O–H groups in total. The molecule has 0 aliphatic carbocycles. The van der Waals surface area contributed by atoms with Crippen LogP contribution in [0.25, 0.3) is 6.08 Å². The Bertz CT molecular complexity index is 953. The predicted octanol–water partition coefficient (Wildman–Crippen LogP) is 2.55. The molecule has 0 aliphatic heterocycles. The molecule has 0 saturated carbocycles. The molecule has 0 radical (unpaired) electrons. The van der Waals surface area contributed by atoms with Crippen LogP contribution in [0.1, 0.15) is 11.1 Å². The maximum Gasteiger partial charge on any atom is 0.330 e. The van der Waals surface area contributed by atoms with Crippen molar-refractivity contribution >= 4 is 22.1 Å². The van der Waals surface area contributed by atoms with E-state index in [1.54, 1.807) is 6.07 Å². The van der Waals surface area contributed by atoms with Gasteiger partial charge in [0.15, 0.2) is 0 Å². The van der Waals surface area contributed by atoms with Gasteiger partial charge in [-0.05, 0) is 55.4 Å². The zero-order valence-electron chi connectivity index (χ0n) is 16.0. The Morgan fingerprint density at radius 2 is 1.93 bits per heavy atom. The number of esters is 1. The summed E-state index contributed by atoms with van der Waals surface area (Å²) in [6, 6.07) is 12.1. The van der Waals surface area contributed by atoms with E-state index in [4.69, 9.17) is 14.2 Å². The topological polar surface area (TPSA) is 90.9 Å². The molecule has 0 amide bonds. The fourth-order valence-corrected chi connectivity index (χ4v) is 3.26. The fourth-order valence-electron chi connectivity index (χ4n) is 2.34. The number of rotatable bonds is 9. The molecule has 0 heterocycles. The van der Waals surface area contributed by atoms with Gasteiger partial charge in [-0.1, -0.05) is 18.2 Å². The van der Waals surface area contributed by atoms with Crippen LogP contribution < -0.4 is 14.2 Å². The van der Waals surface area contributed by atoms with Crippen molar-refractivity contribution in [3.05, 3.63) is 59.7 Å². The van der Waals surface area contributed by atoms with Crippen LogP contribution in [0.5, 0.6) is 11.5 Å². The van der Waals surface area contributed by atoms with Crippen LogP contribution in [0.2, 0.25) is 0 Å². The molecule has 28 heavy (non-hydrogen) atoms. The molecule has 150 valence electrons. The number of nitrogens with one attached hydrogen (secondary N) is 1. The van der Waals surface area contributed by atoms with Gasteiger partial charge in [-0.15, -0.1) is 0 Å². The van der Waals surface area contributed by atoms with E-state index in [-0.39, 0.29) is 23.9 Å². The fraction of sp³-hybridized carbons (Fsp3) is 0.250. The highest BCUT2D eigenvalue weighted by atomic mass is 32.2. The maximum atomic E-state index is 12.1. The van der Waals surface area contributed by atoms with E-state index in [1.165, 1.54) is 38.4 Å². The van der Waals surface area contributed by atoms with Gasteiger partial charge in [0.25, 0.3) is 0 Å². The number of aryl methyl sites for hydroxylation is 1. The molecule has 2 aromatic rings. The Morgan fingerprint density at radius 3 is 2.61 bits per heavy atom. The Hall–Kier alpha value is -2.84. The highest BCUT2D eigenvalue weighted by Crippen LogP contribution is 2.25. The smallest absolute Gasteiger partial charge is 0.330 e. The zero-order valence-corrected chi connectivity index (χ0v) is 16.8. The van der Waals surface area contributed by atoms with Gasteiger partial charge >= 0.3 is 5.97 Å². The number of sulfonamides is 1. The Labute approximate surface area is 165 Å². The van der Waals surface area contributed by atoms with Gasteiger partial charge in [0.05, 0.1) is 7.11 Å². The predicted molar refractivity (Wildman–Crippen MR) is 106 cm³/mol. The van der Waals surface area contributed by atoms with Gasteiger partial charge in [0.1, 0.15) is 29.6 Å². The van der Waals surface area contributed by atoms with Crippen LogP contribution >= 0.6 is 0 Å². The third kappa shape index (κ3) is 6.11. The number of hydrogen-bond donors (Lipinski definition) is 1. The van der Waals surface area contributed by atoms with Gasteiger partial charge in [0, 0.05) is 6.08 Å². The lowest BCUT2D eigenvalue weighted by atomic mass is 10.2. The second-order valence-corrected chi connectivity index (χ2v) is 7.64. The first-order valence-electron chi connectivity index (χ1n) is 8.51. The highest BCUT2D eigenvalue weighted by molar-refractivity contribution is 7.89. The molecular weight excluding hydrogens is 382 g/mol. The van der Waals surface area contributed by atoms with Crippen LogP contribution in [0, 0.1) is 6.92 Å². The molecule has 0 fully saturated rings. The molecule has 0 bridgehead atoms. The zero-order chi connectivity index (χ0) is 20.6. The largest absolute Gasteiger partial charge is 0.495 e. The van der Waals surface area contributed by atoms with Crippen LogP contribution in [0.3, 0.4) is 0 Å². The summed E-state index contributed by atoms with van der Waals surface area (Å²) in [5.41, 5.74) is 1.60. The maximum absolute atomic E-state index is 12.1. The molecule has 0 aromatic heterocycles. The van der Waals surface area contributed by atoms with E-state index in [1.807, 2.05) is 31.2 Å². The van der Waals surface area contributed by atoms with E-state index >= 15 is 0 Å². The number of carbonyl (C=O) groups is 1. The third-order valence-electron chi connectivity index (χ3n) is 3.74. The Kier molecular flexibility index (Phi) is 7.60. The molecule has 8 heteroatoms. The summed E-state index contributed by atoms with van der Waals surface area (Å²) in [4.78, 5) is 11.8. The van der Waals surface area contributed by atoms with Crippen LogP contribution in [-0.4, -0.2) is 41.8 Å². The van der Waals surface area contributed by atoms with Crippen LogP contribution in [-0.2, 0) is 19.6 Å². The summed E-state index contributed by atoms with van der Waals surface area (Å²) >= 11 is 0. The van der Waals surface area contributed by atoms with Crippen LogP contribution in [0.4, 0.5) is 0 Å². The lowest BCUT2D eigenvalue weighted by molar-refractivity contribution is -0.138. The summed E-state index contributed by atoms with van der Waals surface area (Å²) in [5, 5.41) is 0. The number of ether oxygens (including phenoxy) is 3. The molecule has 2 rings (SSSR count). The summed E-state index contributed by atoms with van der Waals surface area (Å²) in [5.74, 6) is 0.368. The molecule has 0 spiro atoms. The van der Waals surface area contributed by atoms with E-state index in [2.05, 4.69) is 4.72 Å². The van der Waals surface area contributed by atoms with Crippen molar-refractivity contribution in [3.63, 3.8) is 0 Å². The molecule has 0 unspecified atom stereocenters. The first kappa shape index (κ1) is 21.5. The molecule has 0 saturated heterocycles. The van der Waals surface area contributed by atoms with Gasteiger partial charge in [0.2, 0.25) is 10.0 Å². The molecular formula is C20H23NO6S. The van der Waals surface area contributed by atoms with E-state index in [0.29, 0.717) is 11.3 Å². The quantitative estimate of drug-likeness (QED) is 0.392. The van der Waals surface area contributed by atoms with Gasteiger partial charge < -0.3 is 14.2 Å². The standard InChI is InChI=1S/C20H23NO6S/c1-15-5-4-6-17(13-15)26-11-12-27-20(22)10-8-16-7-9-18(25-3)19(14-16)28(23,24)21-2/h4-10,13-14,21H,11-12H2,1-3H3/b10-8+. The van der Waals surface area contributed by atoms with Crippen molar-refractivity contribution in [1.29, 1.82) is 0 Å². The number of hydrogen-bond acceptors (Lipinski definition) is 6. The van der Waals surface area contributed by atoms with Gasteiger partial charge in [-0.25, -0.2) is 17.9 Å². The normalized spacial score (nSPS) is 11.4. The number of benzene rings is 2. The molecule has 0 atom stereocenters. The summed E-state index contributed by atoms with van der Waals surface area (Å²) in [7, 11) is -0.993. The lowest BCUT2D eigenvalue weighted by Crippen LogP contribution is -2.19. The SMILES string of the molecule is CNS(=O)(=O)c1cc(/C=C/C(=O)OCCOc2cccc(C)c2)ccc1OC. The van der Waals surface area contributed by atoms with Crippen LogP contribution in [0.15, 0.2) is 53.4 Å². The van der Waals surface area contributed by atoms with E-state index in [0.717, 1.165) is 5.56 Å². The highest BCUT2D eigenvalue weighted by Gasteiger charge is 2.17. The van der Waals surface area contributed by atoms with E-state index < -0.39 is 16.0 Å². The lowest BCUT2D eigenvalue weighted by Gasteiger charge is -2.09. The molecule has 0 aliphatic rings. The van der Waals surface area contributed by atoms with Crippen molar-refractivity contribution in [2.45, 2.75) is 11.8 Å². The average molecular weight is 405 g/mol. The first-order valence-corrected chi connectivity index (χ1v) is 10.00. The minimum absolute atomic E-state index is 0.0143. The first-order chi connectivity index (χ1) is 13.4. The monoisotopic (exact) mass is 405 g/mol. The van der Waals surface area contributed by atoms with Gasteiger partial charge in [-0.3, -0.25) is 0 Å². The molecule has 2 aromatic carbocycles. The Balaban J connectivity index is 1.92. The average Bonchev–Trinajstić information content (AvgIpc) is 2.69. The van der Waals surface area contributed by atoms with Crippen molar-refractivity contribution in [2.75, 3.05) is 27.4 Å². The third-order valence-corrected chi connectivity index (χ3v) is 5.18. The summed E-state index contributed by atoms with van der Waals surface area (Å²) in [6.07, 6.45) is 2.70. The van der Waals surface area contributed by atoms with Gasteiger partial charge in [-0.2, -0.15) is 0 Å². The second-order valence-electron chi connectivity index (χ2n) is 5.78. The second kappa shape index (κ2) is 9.91.